The predicted octanol–water partition coefficient (Wildman–Crippen LogP) is 1.04. The van der Waals surface area contributed by atoms with Crippen LogP contribution < -0.4 is 10.5 Å². The van der Waals surface area contributed by atoms with Crippen LogP contribution in [0.5, 0.6) is 0 Å². The quantitative estimate of drug-likeness (QED) is 0.437. The van der Waals surface area contributed by atoms with Crippen molar-refractivity contribution in [2.24, 2.45) is 12.8 Å². The SMILES string of the molecule is Cc1nc(S(=O)(=O)NC2(C(=N)N)CCCCCC2)cn1C. The van der Waals surface area contributed by atoms with Crippen LogP contribution in [0.3, 0.4) is 0 Å². The molecule has 4 N–H and O–H groups in total. The summed E-state index contributed by atoms with van der Waals surface area (Å²) in [6.45, 7) is 1.74. The number of amidine groups is 1. The molecule has 118 valence electrons. The molecule has 7 nitrogen and oxygen atoms in total. The van der Waals surface area contributed by atoms with Gasteiger partial charge >= 0.3 is 0 Å². The highest BCUT2D eigenvalue weighted by Gasteiger charge is 2.39. The molecule has 0 aromatic carbocycles. The number of nitrogens with two attached hydrogens (primary N) is 1. The van der Waals surface area contributed by atoms with Crippen LogP contribution >= 0.6 is 0 Å². The molecule has 21 heavy (non-hydrogen) atoms. The van der Waals surface area contributed by atoms with Gasteiger partial charge in [-0.2, -0.15) is 4.72 Å². The second-order valence-electron chi connectivity index (χ2n) is 5.75. The standard InChI is InChI=1S/C13H23N5O2S/c1-10-16-11(9-18(10)2)21(19,20)17-13(12(14)15)7-5-3-4-6-8-13/h9,17H,3-8H2,1-2H3,(H3,14,15). The van der Waals surface area contributed by atoms with Gasteiger partial charge in [-0.1, -0.05) is 25.7 Å². The van der Waals surface area contributed by atoms with E-state index in [2.05, 4.69) is 9.71 Å². The molecule has 8 heteroatoms. The Morgan fingerprint density at radius 1 is 1.38 bits per heavy atom. The van der Waals surface area contributed by atoms with Gasteiger partial charge in [-0.15, -0.1) is 0 Å². The molecule has 0 spiro atoms. The Kier molecular flexibility index (Phi) is 4.38. The summed E-state index contributed by atoms with van der Waals surface area (Å²) in [4.78, 5) is 4.06. The van der Waals surface area contributed by atoms with E-state index in [0.29, 0.717) is 18.7 Å². The van der Waals surface area contributed by atoms with Gasteiger partial charge < -0.3 is 10.3 Å². The number of nitrogens with one attached hydrogen (secondary N) is 2. The lowest BCUT2D eigenvalue weighted by Crippen LogP contribution is -2.56. The van der Waals surface area contributed by atoms with E-state index in [0.717, 1.165) is 25.7 Å². The maximum atomic E-state index is 12.5. The highest BCUT2D eigenvalue weighted by atomic mass is 32.2. The minimum Gasteiger partial charge on any atom is -0.386 e. The molecular formula is C13H23N5O2S. The van der Waals surface area contributed by atoms with Crippen molar-refractivity contribution >= 4 is 15.9 Å². The summed E-state index contributed by atoms with van der Waals surface area (Å²) in [5.74, 6) is 0.508. The molecule has 1 aliphatic rings. The lowest BCUT2D eigenvalue weighted by Gasteiger charge is -2.31. The van der Waals surface area contributed by atoms with E-state index in [9.17, 15) is 8.42 Å². The fraction of sp³-hybridized carbons (Fsp3) is 0.692. The van der Waals surface area contributed by atoms with Crippen molar-refractivity contribution in [3.63, 3.8) is 0 Å². The van der Waals surface area contributed by atoms with Gasteiger partial charge in [-0.05, 0) is 19.8 Å². The largest absolute Gasteiger partial charge is 0.386 e. The first-order valence-corrected chi connectivity index (χ1v) is 8.64. The topological polar surface area (TPSA) is 114 Å². The number of imidazole rings is 1. The first-order valence-electron chi connectivity index (χ1n) is 7.15. The van der Waals surface area contributed by atoms with Gasteiger partial charge in [0, 0.05) is 13.2 Å². The van der Waals surface area contributed by atoms with Crippen LogP contribution in [0.25, 0.3) is 0 Å². The Morgan fingerprint density at radius 2 is 1.95 bits per heavy atom. The average molecular weight is 313 g/mol. The van der Waals surface area contributed by atoms with Crippen LogP contribution in [0.4, 0.5) is 0 Å². The second kappa shape index (κ2) is 5.76. The summed E-state index contributed by atoms with van der Waals surface area (Å²) in [5, 5.41) is 7.83. The monoisotopic (exact) mass is 313 g/mol. The van der Waals surface area contributed by atoms with Gasteiger partial charge in [-0.25, -0.2) is 13.4 Å². The van der Waals surface area contributed by atoms with Crippen molar-refractivity contribution < 1.29 is 8.42 Å². The van der Waals surface area contributed by atoms with Crippen molar-refractivity contribution in [1.29, 1.82) is 5.41 Å². The lowest BCUT2D eigenvalue weighted by molar-refractivity contribution is 0.433. The molecule has 1 heterocycles. The highest BCUT2D eigenvalue weighted by molar-refractivity contribution is 7.89. The summed E-state index contributed by atoms with van der Waals surface area (Å²) < 4.78 is 29.4. The van der Waals surface area contributed by atoms with Gasteiger partial charge in [0.05, 0.1) is 5.54 Å². The number of hydrogen-bond donors (Lipinski definition) is 3. The average Bonchev–Trinajstić information content (AvgIpc) is 2.62. The molecule has 0 atom stereocenters. The minimum absolute atomic E-state index is 0.0210. The molecule has 1 aromatic heterocycles. The number of nitrogens with zero attached hydrogens (tertiary/aromatic N) is 2. The van der Waals surface area contributed by atoms with E-state index in [1.54, 1.807) is 18.5 Å². The third kappa shape index (κ3) is 3.26. The fourth-order valence-corrected chi connectivity index (χ4v) is 4.21. The Labute approximate surface area is 125 Å². The Bertz CT molecular complexity index is 607. The van der Waals surface area contributed by atoms with E-state index in [4.69, 9.17) is 11.1 Å². The van der Waals surface area contributed by atoms with E-state index in [1.807, 2.05) is 0 Å². The van der Waals surface area contributed by atoms with E-state index >= 15 is 0 Å². The van der Waals surface area contributed by atoms with Crippen LogP contribution in [-0.4, -0.2) is 29.3 Å². The molecule has 1 aromatic rings. The predicted molar refractivity (Wildman–Crippen MR) is 80.6 cm³/mol. The summed E-state index contributed by atoms with van der Waals surface area (Å²) in [7, 11) is -2.04. The zero-order chi connectivity index (χ0) is 15.7. The third-order valence-electron chi connectivity index (χ3n) is 4.16. The zero-order valence-electron chi connectivity index (χ0n) is 12.5. The maximum Gasteiger partial charge on any atom is 0.260 e. The Balaban J connectivity index is 2.33. The van der Waals surface area contributed by atoms with Crippen LogP contribution in [0.2, 0.25) is 0 Å². The molecule has 0 unspecified atom stereocenters. The summed E-state index contributed by atoms with van der Waals surface area (Å²) in [5.41, 5.74) is 4.75. The molecule has 2 rings (SSSR count). The molecule has 0 aliphatic heterocycles. The van der Waals surface area contributed by atoms with Crippen LogP contribution in [0.15, 0.2) is 11.2 Å². The molecule has 1 fully saturated rings. The molecule has 1 saturated carbocycles. The molecule has 0 bridgehead atoms. The third-order valence-corrected chi connectivity index (χ3v) is 5.57. The van der Waals surface area contributed by atoms with E-state index in [1.165, 1.54) is 6.20 Å². The molecule has 0 saturated heterocycles. The second-order valence-corrected chi connectivity index (χ2v) is 7.38. The number of rotatable bonds is 4. The molecule has 0 amide bonds. The summed E-state index contributed by atoms with van der Waals surface area (Å²) in [6, 6.07) is 0. The normalized spacial score (nSPS) is 19.1. The zero-order valence-corrected chi connectivity index (χ0v) is 13.3. The summed E-state index contributed by atoms with van der Waals surface area (Å²) in [6.07, 6.45) is 6.41. The smallest absolute Gasteiger partial charge is 0.260 e. The molecule has 0 radical (unpaired) electrons. The van der Waals surface area contributed by atoms with Crippen molar-refractivity contribution in [2.45, 2.75) is 56.0 Å². The van der Waals surface area contributed by atoms with Crippen LogP contribution in [0, 0.1) is 12.3 Å². The first kappa shape index (κ1) is 16.0. The van der Waals surface area contributed by atoms with E-state index < -0.39 is 15.6 Å². The number of aromatic nitrogens is 2. The summed E-state index contributed by atoms with van der Waals surface area (Å²) >= 11 is 0. The van der Waals surface area contributed by atoms with Gasteiger partial charge in [0.15, 0.2) is 5.03 Å². The Morgan fingerprint density at radius 3 is 2.38 bits per heavy atom. The number of aryl methyl sites for hydroxylation is 2. The van der Waals surface area contributed by atoms with Gasteiger partial charge in [0.1, 0.15) is 11.7 Å². The lowest BCUT2D eigenvalue weighted by atomic mass is 9.90. The van der Waals surface area contributed by atoms with Crippen molar-refractivity contribution in [2.75, 3.05) is 0 Å². The Hall–Kier alpha value is -1.41. The maximum absolute atomic E-state index is 12.5. The van der Waals surface area contributed by atoms with Gasteiger partial charge in [0.2, 0.25) is 0 Å². The first-order chi connectivity index (χ1) is 9.77. The van der Waals surface area contributed by atoms with Crippen molar-refractivity contribution in [3.05, 3.63) is 12.0 Å². The fourth-order valence-electron chi connectivity index (χ4n) is 2.72. The number of hydrogen-bond acceptors (Lipinski definition) is 4. The van der Waals surface area contributed by atoms with Crippen LogP contribution in [0.1, 0.15) is 44.3 Å². The van der Waals surface area contributed by atoms with Crippen molar-refractivity contribution in [1.82, 2.24) is 14.3 Å². The van der Waals surface area contributed by atoms with Gasteiger partial charge in [0.25, 0.3) is 10.0 Å². The van der Waals surface area contributed by atoms with E-state index in [-0.39, 0.29) is 10.9 Å². The molecule has 1 aliphatic carbocycles. The van der Waals surface area contributed by atoms with Crippen LogP contribution in [-0.2, 0) is 17.1 Å². The van der Waals surface area contributed by atoms with Gasteiger partial charge in [-0.3, -0.25) is 5.41 Å². The number of sulfonamides is 1. The molecular weight excluding hydrogens is 290 g/mol. The van der Waals surface area contributed by atoms with Crippen molar-refractivity contribution in [3.8, 4) is 0 Å². The highest BCUT2D eigenvalue weighted by Crippen LogP contribution is 2.28. The minimum atomic E-state index is -3.78.